The van der Waals surface area contributed by atoms with Crippen molar-refractivity contribution < 1.29 is 9.53 Å². The van der Waals surface area contributed by atoms with Gasteiger partial charge < -0.3 is 20.3 Å². The molecule has 3 rings (SSSR count). The van der Waals surface area contributed by atoms with Crippen molar-refractivity contribution in [2.75, 3.05) is 34.3 Å². The van der Waals surface area contributed by atoms with E-state index >= 15 is 0 Å². The SMILES string of the molecule is CN=C(NCc1ccn(-c2ccc(OC)cc2)n1)N1CCC(CC(=O)NC)CC1.I. The van der Waals surface area contributed by atoms with Gasteiger partial charge in [0.1, 0.15) is 5.75 Å². The molecule has 2 heterocycles. The monoisotopic (exact) mass is 526 g/mol. The number of amides is 1. The van der Waals surface area contributed by atoms with Crippen LogP contribution in [0.1, 0.15) is 25.0 Å². The highest BCUT2D eigenvalue weighted by Gasteiger charge is 2.23. The lowest BCUT2D eigenvalue weighted by molar-refractivity contribution is -0.121. The molecule has 9 heteroatoms. The number of piperidine rings is 1. The van der Waals surface area contributed by atoms with Crippen molar-refractivity contribution in [2.45, 2.75) is 25.8 Å². The minimum absolute atomic E-state index is 0. The van der Waals surface area contributed by atoms with Gasteiger partial charge in [0.15, 0.2) is 5.96 Å². The summed E-state index contributed by atoms with van der Waals surface area (Å²) in [6, 6.07) is 9.80. The molecule has 1 aromatic carbocycles. The number of methoxy groups -OCH3 is 1. The third-order valence-electron chi connectivity index (χ3n) is 5.29. The molecule has 1 saturated heterocycles. The maximum absolute atomic E-state index is 11.6. The summed E-state index contributed by atoms with van der Waals surface area (Å²) in [4.78, 5) is 18.2. The molecule has 0 saturated carbocycles. The Bertz CT molecular complexity index is 828. The molecule has 1 fully saturated rings. The fourth-order valence-corrected chi connectivity index (χ4v) is 3.55. The van der Waals surface area contributed by atoms with Gasteiger partial charge in [0.25, 0.3) is 0 Å². The average molecular weight is 526 g/mol. The van der Waals surface area contributed by atoms with E-state index in [1.807, 2.05) is 41.2 Å². The van der Waals surface area contributed by atoms with E-state index in [0.717, 1.165) is 49.0 Å². The largest absolute Gasteiger partial charge is 0.497 e. The van der Waals surface area contributed by atoms with E-state index in [1.165, 1.54) is 0 Å². The summed E-state index contributed by atoms with van der Waals surface area (Å²) in [5.74, 6) is 2.27. The molecule has 1 aromatic heterocycles. The molecular weight excluding hydrogens is 495 g/mol. The van der Waals surface area contributed by atoms with Crippen LogP contribution in [0.15, 0.2) is 41.5 Å². The lowest BCUT2D eigenvalue weighted by Gasteiger charge is -2.34. The highest BCUT2D eigenvalue weighted by atomic mass is 127. The average Bonchev–Trinajstić information content (AvgIpc) is 3.24. The number of carbonyl (C=O) groups excluding carboxylic acids is 1. The van der Waals surface area contributed by atoms with Crippen LogP contribution in [0.5, 0.6) is 5.75 Å². The maximum atomic E-state index is 11.6. The molecule has 0 bridgehead atoms. The summed E-state index contributed by atoms with van der Waals surface area (Å²) >= 11 is 0. The topological polar surface area (TPSA) is 83.8 Å². The summed E-state index contributed by atoms with van der Waals surface area (Å²) in [5, 5.41) is 10.8. The fourth-order valence-electron chi connectivity index (χ4n) is 3.55. The van der Waals surface area contributed by atoms with Gasteiger partial charge in [-0.2, -0.15) is 5.10 Å². The van der Waals surface area contributed by atoms with Crippen molar-refractivity contribution in [1.29, 1.82) is 0 Å². The lowest BCUT2D eigenvalue weighted by Crippen LogP contribution is -2.45. The minimum Gasteiger partial charge on any atom is -0.497 e. The summed E-state index contributed by atoms with van der Waals surface area (Å²) in [5.41, 5.74) is 1.93. The molecule has 1 amide bonds. The van der Waals surface area contributed by atoms with Crippen LogP contribution in [0.2, 0.25) is 0 Å². The normalized spacial score (nSPS) is 14.8. The molecule has 0 spiro atoms. The van der Waals surface area contributed by atoms with Crippen molar-refractivity contribution in [1.82, 2.24) is 25.3 Å². The number of aliphatic imine (C=N–C) groups is 1. The first-order valence-electron chi connectivity index (χ1n) is 9.98. The van der Waals surface area contributed by atoms with Crippen LogP contribution < -0.4 is 15.4 Å². The predicted octanol–water partition coefficient (Wildman–Crippen LogP) is 2.42. The molecule has 0 aliphatic carbocycles. The molecule has 2 N–H and O–H groups in total. The van der Waals surface area contributed by atoms with Gasteiger partial charge in [0.2, 0.25) is 5.91 Å². The summed E-state index contributed by atoms with van der Waals surface area (Å²) in [7, 11) is 5.15. The summed E-state index contributed by atoms with van der Waals surface area (Å²) < 4.78 is 7.05. The van der Waals surface area contributed by atoms with E-state index in [0.29, 0.717) is 18.9 Å². The van der Waals surface area contributed by atoms with Gasteiger partial charge in [-0.3, -0.25) is 9.79 Å². The van der Waals surface area contributed by atoms with Crippen LogP contribution in [0, 0.1) is 5.92 Å². The molecule has 2 aromatic rings. The second-order valence-electron chi connectivity index (χ2n) is 7.16. The summed E-state index contributed by atoms with van der Waals surface area (Å²) in [6.07, 6.45) is 4.56. The zero-order valence-electron chi connectivity index (χ0n) is 17.8. The maximum Gasteiger partial charge on any atom is 0.220 e. The summed E-state index contributed by atoms with van der Waals surface area (Å²) in [6.45, 7) is 2.41. The number of carbonyl (C=O) groups is 1. The van der Waals surface area contributed by atoms with Crippen LogP contribution >= 0.6 is 24.0 Å². The Labute approximate surface area is 195 Å². The molecular formula is C21H31IN6O2. The zero-order chi connectivity index (χ0) is 20.6. The molecule has 1 aliphatic rings. The number of nitrogens with one attached hydrogen (secondary N) is 2. The van der Waals surface area contributed by atoms with Crippen molar-refractivity contribution in [3.63, 3.8) is 0 Å². The Morgan fingerprint density at radius 1 is 1.23 bits per heavy atom. The van der Waals surface area contributed by atoms with Gasteiger partial charge in [-0.15, -0.1) is 24.0 Å². The molecule has 8 nitrogen and oxygen atoms in total. The number of hydrogen-bond acceptors (Lipinski definition) is 4. The van der Waals surface area contributed by atoms with Gasteiger partial charge in [0.05, 0.1) is 25.0 Å². The van der Waals surface area contributed by atoms with E-state index in [2.05, 4.69) is 25.6 Å². The van der Waals surface area contributed by atoms with Crippen LogP contribution in [-0.2, 0) is 11.3 Å². The predicted molar refractivity (Wildman–Crippen MR) is 129 cm³/mol. The molecule has 30 heavy (non-hydrogen) atoms. The van der Waals surface area contributed by atoms with E-state index in [9.17, 15) is 4.79 Å². The molecule has 1 aliphatic heterocycles. The first kappa shape index (κ1) is 24.0. The van der Waals surface area contributed by atoms with Gasteiger partial charge in [-0.05, 0) is 49.1 Å². The third kappa shape index (κ3) is 6.35. The van der Waals surface area contributed by atoms with Crippen LogP contribution in [0.4, 0.5) is 0 Å². The van der Waals surface area contributed by atoms with E-state index in [1.54, 1.807) is 21.2 Å². The Balaban J connectivity index is 0.00000320. The second kappa shape index (κ2) is 11.8. The first-order valence-corrected chi connectivity index (χ1v) is 9.98. The Hall–Kier alpha value is -2.30. The smallest absolute Gasteiger partial charge is 0.220 e. The number of aromatic nitrogens is 2. The van der Waals surface area contributed by atoms with Crippen LogP contribution in [0.3, 0.4) is 0 Å². The van der Waals surface area contributed by atoms with Gasteiger partial charge in [-0.25, -0.2) is 4.68 Å². The van der Waals surface area contributed by atoms with Crippen molar-refractivity contribution in [3.8, 4) is 11.4 Å². The number of nitrogens with zero attached hydrogens (tertiary/aromatic N) is 4. The minimum atomic E-state index is 0. The highest BCUT2D eigenvalue weighted by Crippen LogP contribution is 2.20. The molecule has 0 radical (unpaired) electrons. The Kier molecular flexibility index (Phi) is 9.41. The number of halogens is 1. The number of ether oxygens (including phenoxy) is 1. The number of benzene rings is 1. The number of guanidine groups is 1. The van der Waals surface area contributed by atoms with Crippen molar-refractivity contribution in [3.05, 3.63) is 42.2 Å². The van der Waals surface area contributed by atoms with Gasteiger partial charge in [-0.1, -0.05) is 0 Å². The molecule has 0 unspecified atom stereocenters. The van der Waals surface area contributed by atoms with E-state index in [-0.39, 0.29) is 29.9 Å². The van der Waals surface area contributed by atoms with E-state index < -0.39 is 0 Å². The molecule has 164 valence electrons. The molecule has 0 atom stereocenters. The van der Waals surface area contributed by atoms with Crippen molar-refractivity contribution in [2.24, 2.45) is 10.9 Å². The number of rotatable bonds is 6. The zero-order valence-corrected chi connectivity index (χ0v) is 20.1. The van der Waals surface area contributed by atoms with Crippen molar-refractivity contribution >= 4 is 35.8 Å². The highest BCUT2D eigenvalue weighted by molar-refractivity contribution is 14.0. The Morgan fingerprint density at radius 3 is 2.53 bits per heavy atom. The van der Waals surface area contributed by atoms with E-state index in [4.69, 9.17) is 4.74 Å². The fraction of sp³-hybridized carbons (Fsp3) is 0.476. The first-order chi connectivity index (χ1) is 14.1. The Morgan fingerprint density at radius 2 is 1.93 bits per heavy atom. The standard InChI is InChI=1S/C21H30N6O2.HI/c1-22-20(28)14-16-8-11-26(12-9-16)21(23-2)24-15-17-10-13-27(25-17)18-4-6-19(29-3)7-5-18;/h4-7,10,13,16H,8-9,11-12,14-15H2,1-3H3,(H,22,28)(H,23,24);1H. The van der Waals surface area contributed by atoms with Gasteiger partial charge >= 0.3 is 0 Å². The van der Waals surface area contributed by atoms with Gasteiger partial charge in [0, 0.05) is 39.8 Å². The van der Waals surface area contributed by atoms with Crippen LogP contribution in [-0.4, -0.2) is 60.8 Å². The second-order valence-corrected chi connectivity index (χ2v) is 7.16. The lowest BCUT2D eigenvalue weighted by atomic mass is 9.93. The quantitative estimate of drug-likeness (QED) is 0.343. The number of likely N-dealkylation sites (tertiary alicyclic amines) is 1. The number of hydrogen-bond donors (Lipinski definition) is 2. The van der Waals surface area contributed by atoms with Crippen LogP contribution in [0.25, 0.3) is 5.69 Å². The third-order valence-corrected chi connectivity index (χ3v) is 5.29.